The predicted octanol–water partition coefficient (Wildman–Crippen LogP) is 3.90. The van der Waals surface area contributed by atoms with Crippen molar-refractivity contribution >= 4 is 0 Å². The highest BCUT2D eigenvalue weighted by molar-refractivity contribution is 5.41. The highest BCUT2D eigenvalue weighted by Crippen LogP contribution is 2.30. The molecule has 19 heavy (non-hydrogen) atoms. The van der Waals surface area contributed by atoms with Crippen molar-refractivity contribution in [2.24, 2.45) is 5.73 Å². The average Bonchev–Trinajstić information content (AvgIpc) is 2.40. The second-order valence-electron chi connectivity index (χ2n) is 4.34. The van der Waals surface area contributed by atoms with Gasteiger partial charge >= 0.3 is 0 Å². The van der Waals surface area contributed by atoms with Crippen LogP contribution in [0.25, 0.3) is 0 Å². The molecule has 0 fully saturated rings. The lowest BCUT2D eigenvalue weighted by atomic mass is 10.1. The number of rotatable bonds is 5. The Labute approximate surface area is 114 Å². The van der Waals surface area contributed by atoms with E-state index in [1.165, 1.54) is 0 Å². The lowest BCUT2D eigenvalue weighted by molar-refractivity contribution is 0.338. The molecule has 0 aliphatic carbocycles. The minimum Gasteiger partial charge on any atom is -0.494 e. The number of hydrogen-bond donors (Lipinski definition) is 1. The summed E-state index contributed by atoms with van der Waals surface area (Å²) in [5.41, 5.74) is 6.93. The Kier molecular flexibility index (Phi) is 4.42. The van der Waals surface area contributed by atoms with Crippen LogP contribution in [0.3, 0.4) is 0 Å². The summed E-state index contributed by atoms with van der Waals surface area (Å²) in [7, 11) is 0. The molecule has 0 heterocycles. The van der Waals surface area contributed by atoms with Crippen LogP contribution in [0.5, 0.6) is 17.2 Å². The number of para-hydroxylation sites is 1. The topological polar surface area (TPSA) is 44.5 Å². The van der Waals surface area contributed by atoms with Crippen LogP contribution in [0.2, 0.25) is 0 Å². The van der Waals surface area contributed by atoms with Gasteiger partial charge in [0.2, 0.25) is 0 Å². The van der Waals surface area contributed by atoms with Crippen molar-refractivity contribution in [2.75, 3.05) is 6.61 Å². The standard InChI is InChI=1S/C16H19NO2/c1-3-18-13-7-6-8-14(11-13)19-16-10-5-4-9-15(16)12(2)17/h4-12H,3,17H2,1-2H3/t12-/m0/s1. The Bertz CT molecular complexity index is 538. The van der Waals surface area contributed by atoms with Crippen molar-refractivity contribution in [3.8, 4) is 17.2 Å². The van der Waals surface area contributed by atoms with Gasteiger partial charge < -0.3 is 15.2 Å². The van der Waals surface area contributed by atoms with E-state index >= 15 is 0 Å². The number of nitrogens with two attached hydrogens (primary N) is 1. The maximum atomic E-state index is 5.94. The number of ether oxygens (including phenoxy) is 2. The van der Waals surface area contributed by atoms with E-state index in [9.17, 15) is 0 Å². The molecule has 100 valence electrons. The van der Waals surface area contributed by atoms with Crippen molar-refractivity contribution in [2.45, 2.75) is 19.9 Å². The quantitative estimate of drug-likeness (QED) is 0.883. The SMILES string of the molecule is CCOc1cccc(Oc2ccccc2[C@H](C)N)c1. The van der Waals surface area contributed by atoms with E-state index in [2.05, 4.69) is 0 Å². The highest BCUT2D eigenvalue weighted by atomic mass is 16.5. The number of benzene rings is 2. The van der Waals surface area contributed by atoms with Gasteiger partial charge in [-0.05, 0) is 32.0 Å². The van der Waals surface area contributed by atoms with Gasteiger partial charge in [-0.25, -0.2) is 0 Å². The van der Waals surface area contributed by atoms with Crippen molar-refractivity contribution in [1.29, 1.82) is 0 Å². The first-order valence-electron chi connectivity index (χ1n) is 6.46. The van der Waals surface area contributed by atoms with E-state index in [1.807, 2.05) is 62.4 Å². The fourth-order valence-electron chi connectivity index (χ4n) is 1.87. The van der Waals surface area contributed by atoms with Gasteiger partial charge in [-0.2, -0.15) is 0 Å². The molecular weight excluding hydrogens is 238 g/mol. The molecule has 0 amide bonds. The zero-order valence-corrected chi connectivity index (χ0v) is 11.3. The molecule has 0 spiro atoms. The zero-order chi connectivity index (χ0) is 13.7. The van der Waals surface area contributed by atoms with E-state index in [-0.39, 0.29) is 6.04 Å². The van der Waals surface area contributed by atoms with E-state index in [1.54, 1.807) is 0 Å². The van der Waals surface area contributed by atoms with E-state index in [0.717, 1.165) is 22.8 Å². The van der Waals surface area contributed by atoms with Gasteiger partial charge in [-0.15, -0.1) is 0 Å². The summed E-state index contributed by atoms with van der Waals surface area (Å²) in [5, 5.41) is 0. The fourth-order valence-corrected chi connectivity index (χ4v) is 1.87. The second kappa shape index (κ2) is 6.25. The third-order valence-corrected chi connectivity index (χ3v) is 2.75. The van der Waals surface area contributed by atoms with Gasteiger partial charge in [0.25, 0.3) is 0 Å². The molecule has 0 aliphatic rings. The van der Waals surface area contributed by atoms with E-state index < -0.39 is 0 Å². The molecule has 2 N–H and O–H groups in total. The van der Waals surface area contributed by atoms with Gasteiger partial charge in [-0.1, -0.05) is 24.3 Å². The van der Waals surface area contributed by atoms with Gasteiger partial charge in [0.05, 0.1) is 6.61 Å². The molecule has 2 rings (SSSR count). The smallest absolute Gasteiger partial charge is 0.132 e. The summed E-state index contributed by atoms with van der Waals surface area (Å²) >= 11 is 0. The van der Waals surface area contributed by atoms with Crippen LogP contribution in [-0.4, -0.2) is 6.61 Å². The minimum absolute atomic E-state index is 0.0636. The second-order valence-corrected chi connectivity index (χ2v) is 4.34. The molecule has 0 saturated carbocycles. The highest BCUT2D eigenvalue weighted by Gasteiger charge is 2.08. The zero-order valence-electron chi connectivity index (χ0n) is 11.3. The Morgan fingerprint density at radius 1 is 1.05 bits per heavy atom. The molecule has 1 atom stereocenters. The first kappa shape index (κ1) is 13.4. The van der Waals surface area contributed by atoms with Crippen LogP contribution in [0.4, 0.5) is 0 Å². The van der Waals surface area contributed by atoms with E-state index in [0.29, 0.717) is 6.61 Å². The van der Waals surface area contributed by atoms with Gasteiger partial charge in [0.15, 0.2) is 0 Å². The van der Waals surface area contributed by atoms with Crippen molar-refractivity contribution < 1.29 is 9.47 Å². The summed E-state index contributed by atoms with van der Waals surface area (Å²) in [6, 6.07) is 15.3. The molecule has 0 unspecified atom stereocenters. The fraction of sp³-hybridized carbons (Fsp3) is 0.250. The molecule has 3 heteroatoms. The van der Waals surface area contributed by atoms with E-state index in [4.69, 9.17) is 15.2 Å². The molecule has 2 aromatic carbocycles. The van der Waals surface area contributed by atoms with Gasteiger partial charge in [0.1, 0.15) is 17.2 Å². The van der Waals surface area contributed by atoms with Gasteiger partial charge in [-0.3, -0.25) is 0 Å². The molecule has 0 saturated heterocycles. The average molecular weight is 257 g/mol. The third-order valence-electron chi connectivity index (χ3n) is 2.75. The molecule has 0 aliphatic heterocycles. The molecule has 0 radical (unpaired) electrons. The lowest BCUT2D eigenvalue weighted by Gasteiger charge is -2.14. The lowest BCUT2D eigenvalue weighted by Crippen LogP contribution is -2.06. The Balaban J connectivity index is 2.23. The van der Waals surface area contributed by atoms with Crippen LogP contribution in [0.15, 0.2) is 48.5 Å². The van der Waals surface area contributed by atoms with Crippen LogP contribution >= 0.6 is 0 Å². The van der Waals surface area contributed by atoms with Crippen LogP contribution in [0.1, 0.15) is 25.5 Å². The summed E-state index contributed by atoms with van der Waals surface area (Å²) in [6.07, 6.45) is 0. The summed E-state index contributed by atoms with van der Waals surface area (Å²) in [5.74, 6) is 2.34. The number of hydrogen-bond acceptors (Lipinski definition) is 3. The van der Waals surface area contributed by atoms with Crippen LogP contribution in [0, 0.1) is 0 Å². The van der Waals surface area contributed by atoms with Gasteiger partial charge in [0, 0.05) is 17.7 Å². The largest absolute Gasteiger partial charge is 0.494 e. The summed E-state index contributed by atoms with van der Waals surface area (Å²) < 4.78 is 11.4. The normalized spacial score (nSPS) is 11.9. The third kappa shape index (κ3) is 3.48. The summed E-state index contributed by atoms with van der Waals surface area (Å²) in [4.78, 5) is 0. The molecular formula is C16H19NO2. The Morgan fingerprint density at radius 2 is 1.79 bits per heavy atom. The van der Waals surface area contributed by atoms with Crippen molar-refractivity contribution in [3.63, 3.8) is 0 Å². The molecule has 0 bridgehead atoms. The monoisotopic (exact) mass is 257 g/mol. The maximum absolute atomic E-state index is 5.94. The Hall–Kier alpha value is -2.00. The molecule has 3 nitrogen and oxygen atoms in total. The van der Waals surface area contributed by atoms with Crippen LogP contribution < -0.4 is 15.2 Å². The van der Waals surface area contributed by atoms with Crippen LogP contribution in [-0.2, 0) is 0 Å². The van der Waals surface area contributed by atoms with Crippen molar-refractivity contribution in [1.82, 2.24) is 0 Å². The molecule has 0 aromatic heterocycles. The summed E-state index contributed by atoms with van der Waals surface area (Å²) in [6.45, 7) is 4.54. The first-order chi connectivity index (χ1) is 9.20. The minimum atomic E-state index is -0.0636. The predicted molar refractivity (Wildman–Crippen MR) is 76.7 cm³/mol. The maximum Gasteiger partial charge on any atom is 0.132 e. The molecule has 2 aromatic rings. The Morgan fingerprint density at radius 3 is 2.53 bits per heavy atom. The first-order valence-corrected chi connectivity index (χ1v) is 6.46. The van der Waals surface area contributed by atoms with Crippen molar-refractivity contribution in [3.05, 3.63) is 54.1 Å².